The average Bonchev–Trinajstić information content (AvgIpc) is 3.00. The van der Waals surface area contributed by atoms with Gasteiger partial charge in [-0.3, -0.25) is 9.59 Å². The maximum absolute atomic E-state index is 12.0. The summed E-state index contributed by atoms with van der Waals surface area (Å²) in [6.45, 7) is 2.37. The second kappa shape index (κ2) is 7.08. The van der Waals surface area contributed by atoms with Crippen molar-refractivity contribution in [3.8, 4) is 0 Å². The van der Waals surface area contributed by atoms with E-state index in [1.165, 1.54) is 0 Å². The predicted molar refractivity (Wildman–Crippen MR) is 91.8 cm³/mol. The van der Waals surface area contributed by atoms with Crippen LogP contribution in [0.15, 0.2) is 54.9 Å². The number of hydrogen-bond donors (Lipinski definition) is 1. The summed E-state index contributed by atoms with van der Waals surface area (Å²) in [6, 6.07) is 13.0. The molecule has 1 amide bonds. The average molecular weight is 321 g/mol. The number of fused-ring (bicyclic) bond motifs is 1. The number of rotatable bonds is 6. The molecule has 0 unspecified atom stereocenters. The van der Waals surface area contributed by atoms with Crippen LogP contribution in [0.4, 0.5) is 0 Å². The lowest BCUT2D eigenvalue weighted by Gasteiger charge is -2.03. The lowest BCUT2D eigenvalue weighted by Crippen LogP contribution is -2.23. The van der Waals surface area contributed by atoms with Crippen molar-refractivity contribution >= 4 is 17.3 Å². The van der Waals surface area contributed by atoms with Gasteiger partial charge in [-0.2, -0.15) is 0 Å². The van der Waals surface area contributed by atoms with Crippen molar-refractivity contribution in [2.75, 3.05) is 0 Å². The molecular formula is C19H19N3O2. The summed E-state index contributed by atoms with van der Waals surface area (Å²) >= 11 is 0. The molecule has 0 saturated carbocycles. The number of aryl methyl sites for hydroxylation is 1. The molecule has 5 heteroatoms. The van der Waals surface area contributed by atoms with Gasteiger partial charge in [-0.1, -0.05) is 30.3 Å². The third-order valence-electron chi connectivity index (χ3n) is 3.81. The zero-order valence-corrected chi connectivity index (χ0v) is 13.5. The van der Waals surface area contributed by atoms with E-state index in [1.807, 2.05) is 54.0 Å². The molecule has 0 atom stereocenters. The van der Waals surface area contributed by atoms with Crippen LogP contribution in [0, 0.1) is 6.92 Å². The van der Waals surface area contributed by atoms with Crippen LogP contribution < -0.4 is 5.32 Å². The molecule has 3 rings (SSSR count). The molecule has 0 aliphatic heterocycles. The number of carbonyl (C=O) groups excluding carboxylic acids is 2. The number of aromatic nitrogens is 2. The molecule has 5 nitrogen and oxygen atoms in total. The Morgan fingerprint density at radius 1 is 1.12 bits per heavy atom. The van der Waals surface area contributed by atoms with Gasteiger partial charge in [0.2, 0.25) is 5.91 Å². The first-order valence-electron chi connectivity index (χ1n) is 7.91. The van der Waals surface area contributed by atoms with Gasteiger partial charge in [-0.25, -0.2) is 4.98 Å². The maximum Gasteiger partial charge on any atom is 0.220 e. The summed E-state index contributed by atoms with van der Waals surface area (Å²) in [4.78, 5) is 28.4. The molecule has 0 radical (unpaired) electrons. The van der Waals surface area contributed by atoms with Crippen molar-refractivity contribution < 1.29 is 9.59 Å². The highest BCUT2D eigenvalue weighted by molar-refractivity contribution is 5.97. The number of nitrogens with zero attached hydrogens (tertiary/aromatic N) is 2. The Balaban J connectivity index is 1.50. The van der Waals surface area contributed by atoms with Crippen LogP contribution in [0.5, 0.6) is 0 Å². The van der Waals surface area contributed by atoms with Gasteiger partial charge in [-0.05, 0) is 24.6 Å². The molecule has 24 heavy (non-hydrogen) atoms. The normalized spacial score (nSPS) is 10.7. The molecule has 0 saturated heterocycles. The number of ketones is 1. The molecule has 1 N–H and O–H groups in total. The molecule has 2 heterocycles. The SMILES string of the molecule is Cc1ccn2cc(CNC(=O)CCC(=O)c3ccccc3)nc2c1. The van der Waals surface area contributed by atoms with Gasteiger partial charge in [0, 0.05) is 30.8 Å². The van der Waals surface area contributed by atoms with Crippen LogP contribution in [-0.4, -0.2) is 21.1 Å². The second-order valence-electron chi connectivity index (χ2n) is 5.77. The number of pyridine rings is 1. The van der Waals surface area contributed by atoms with Gasteiger partial charge >= 0.3 is 0 Å². The Labute approximate surface area is 140 Å². The van der Waals surface area contributed by atoms with E-state index in [-0.39, 0.29) is 24.5 Å². The van der Waals surface area contributed by atoms with Crippen molar-refractivity contribution in [3.63, 3.8) is 0 Å². The van der Waals surface area contributed by atoms with Crippen molar-refractivity contribution in [1.29, 1.82) is 0 Å². The molecule has 1 aromatic carbocycles. The van der Waals surface area contributed by atoms with Crippen molar-refractivity contribution in [3.05, 3.63) is 71.7 Å². The zero-order valence-electron chi connectivity index (χ0n) is 13.5. The minimum Gasteiger partial charge on any atom is -0.350 e. The first kappa shape index (κ1) is 15.9. The summed E-state index contributed by atoms with van der Waals surface area (Å²) in [6.07, 6.45) is 4.23. The Hall–Kier alpha value is -2.95. The van der Waals surface area contributed by atoms with Crippen LogP contribution in [-0.2, 0) is 11.3 Å². The number of hydrogen-bond acceptors (Lipinski definition) is 3. The van der Waals surface area contributed by atoms with Crippen molar-refractivity contribution in [2.45, 2.75) is 26.3 Å². The number of Topliss-reactive ketones (excluding diaryl/α,β-unsaturated/α-hetero) is 1. The maximum atomic E-state index is 12.0. The predicted octanol–water partition coefficient (Wildman–Crippen LogP) is 2.92. The minimum atomic E-state index is -0.146. The van der Waals surface area contributed by atoms with Crippen LogP contribution in [0.1, 0.15) is 34.5 Å². The Morgan fingerprint density at radius 3 is 2.71 bits per heavy atom. The van der Waals surface area contributed by atoms with Crippen molar-refractivity contribution in [1.82, 2.24) is 14.7 Å². The van der Waals surface area contributed by atoms with Crippen LogP contribution >= 0.6 is 0 Å². The van der Waals surface area contributed by atoms with Crippen molar-refractivity contribution in [2.24, 2.45) is 0 Å². The largest absolute Gasteiger partial charge is 0.350 e. The minimum absolute atomic E-state index is 0.0195. The number of imidazole rings is 1. The van der Waals surface area contributed by atoms with E-state index in [0.29, 0.717) is 12.1 Å². The molecule has 0 spiro atoms. The van der Waals surface area contributed by atoms with Crippen LogP contribution in [0.2, 0.25) is 0 Å². The quantitative estimate of drug-likeness (QED) is 0.710. The number of nitrogens with one attached hydrogen (secondary N) is 1. The second-order valence-corrected chi connectivity index (χ2v) is 5.77. The first-order valence-corrected chi connectivity index (χ1v) is 7.91. The van der Waals surface area contributed by atoms with Gasteiger partial charge in [0.05, 0.1) is 12.2 Å². The summed E-state index contributed by atoms with van der Waals surface area (Å²) in [5, 5.41) is 2.81. The summed E-state index contributed by atoms with van der Waals surface area (Å²) in [5.74, 6) is -0.165. The number of benzene rings is 1. The van der Waals surface area contributed by atoms with E-state index in [4.69, 9.17) is 0 Å². The zero-order chi connectivity index (χ0) is 16.9. The van der Waals surface area contributed by atoms with Gasteiger partial charge in [0.25, 0.3) is 0 Å². The van der Waals surface area contributed by atoms with E-state index in [2.05, 4.69) is 10.3 Å². The lowest BCUT2D eigenvalue weighted by atomic mass is 10.1. The fourth-order valence-electron chi connectivity index (χ4n) is 2.49. The van der Waals surface area contributed by atoms with Gasteiger partial charge in [0.15, 0.2) is 5.78 Å². The molecule has 2 aromatic heterocycles. The van der Waals surface area contributed by atoms with Gasteiger partial charge in [0.1, 0.15) is 5.65 Å². The molecule has 0 bridgehead atoms. The van der Waals surface area contributed by atoms with E-state index < -0.39 is 0 Å². The Bertz CT molecular complexity index is 869. The van der Waals surface area contributed by atoms with Gasteiger partial charge < -0.3 is 9.72 Å². The Kier molecular flexibility index (Phi) is 4.70. The summed E-state index contributed by atoms with van der Waals surface area (Å²) in [5.41, 5.74) is 3.44. The molecule has 0 aliphatic rings. The number of carbonyl (C=O) groups is 2. The highest BCUT2D eigenvalue weighted by Gasteiger charge is 2.09. The third-order valence-corrected chi connectivity index (χ3v) is 3.81. The van der Waals surface area contributed by atoms with Gasteiger partial charge in [-0.15, -0.1) is 0 Å². The van der Waals surface area contributed by atoms with E-state index in [0.717, 1.165) is 16.9 Å². The fraction of sp³-hybridized carbons (Fsp3) is 0.211. The molecule has 3 aromatic rings. The first-order chi connectivity index (χ1) is 11.6. The fourth-order valence-corrected chi connectivity index (χ4v) is 2.49. The Morgan fingerprint density at radius 2 is 1.92 bits per heavy atom. The molecule has 0 fully saturated rings. The van der Waals surface area contributed by atoms with E-state index in [9.17, 15) is 9.59 Å². The summed E-state index contributed by atoms with van der Waals surface area (Å²) < 4.78 is 1.92. The third kappa shape index (κ3) is 3.87. The smallest absolute Gasteiger partial charge is 0.220 e. The monoisotopic (exact) mass is 321 g/mol. The van der Waals surface area contributed by atoms with Crippen LogP contribution in [0.3, 0.4) is 0 Å². The van der Waals surface area contributed by atoms with E-state index in [1.54, 1.807) is 12.1 Å². The van der Waals surface area contributed by atoms with Crippen LogP contribution in [0.25, 0.3) is 5.65 Å². The summed E-state index contributed by atoms with van der Waals surface area (Å²) in [7, 11) is 0. The highest BCUT2D eigenvalue weighted by Crippen LogP contribution is 2.08. The lowest BCUT2D eigenvalue weighted by molar-refractivity contribution is -0.121. The number of amides is 1. The molecule has 122 valence electrons. The standard InChI is InChI=1S/C19H19N3O2/c1-14-9-10-22-13-16(21-18(22)11-14)12-20-19(24)8-7-17(23)15-5-3-2-4-6-15/h2-6,9-11,13H,7-8,12H2,1H3,(H,20,24). The topological polar surface area (TPSA) is 63.5 Å². The van der Waals surface area contributed by atoms with E-state index >= 15 is 0 Å². The highest BCUT2D eigenvalue weighted by atomic mass is 16.2. The molecular weight excluding hydrogens is 302 g/mol. The molecule has 0 aliphatic carbocycles.